The number of nitrogens with two attached hydrogens (primary N) is 4. The van der Waals surface area contributed by atoms with E-state index in [1.807, 2.05) is 30.5 Å². The maximum Gasteiger partial charge on any atom is 0.264 e. The Morgan fingerprint density at radius 3 is 1.67 bits per heavy atom. The molecule has 0 unspecified atom stereocenters. The van der Waals surface area contributed by atoms with Gasteiger partial charge >= 0.3 is 0 Å². The molecule has 2 saturated heterocycles. The Morgan fingerprint density at radius 1 is 0.542 bits per heavy atom. The number of aliphatic imine (C=N–C) groups is 1. The molecule has 3 aromatic carbocycles. The number of H-pyrrole nitrogens is 1. The van der Waals surface area contributed by atoms with Crippen LogP contribution in [0.5, 0.6) is 0 Å². The molecule has 0 aliphatic carbocycles. The fourth-order valence-electron chi connectivity index (χ4n) is 14.4. The molecule has 12 amide bonds. The molecule has 0 radical (unpaired) electrons. The Kier molecular flexibility index (Phi) is 44.6. The summed E-state index contributed by atoms with van der Waals surface area (Å²) >= 11 is 1.54. The van der Waals surface area contributed by atoms with Gasteiger partial charge in [0, 0.05) is 82.1 Å². The zero-order valence-corrected chi connectivity index (χ0v) is 70.3. The smallest absolute Gasteiger partial charge is 0.264 e. The van der Waals surface area contributed by atoms with E-state index < -0.39 is 113 Å². The first-order valence-electron chi connectivity index (χ1n) is 42.4. The number of hydrazone groups is 1. The molecule has 9 atom stereocenters. The summed E-state index contributed by atoms with van der Waals surface area (Å²) in [5.41, 5.74) is 28.6. The summed E-state index contributed by atoms with van der Waals surface area (Å²) in [7, 11) is 0. The van der Waals surface area contributed by atoms with E-state index in [0.717, 1.165) is 62.1 Å². The van der Waals surface area contributed by atoms with Crippen LogP contribution in [0, 0.1) is 5.92 Å². The lowest BCUT2D eigenvalue weighted by Crippen LogP contribution is -2.61. The number of carbonyl (C=O) groups is 12. The lowest BCUT2D eigenvalue weighted by molar-refractivity contribution is -0.142. The van der Waals surface area contributed by atoms with Crippen LogP contribution in [-0.4, -0.2) is 210 Å². The second-order valence-corrected chi connectivity index (χ2v) is 31.9. The number of amides is 12. The molecule has 2 fully saturated rings. The highest BCUT2D eigenvalue weighted by molar-refractivity contribution is 7.98. The normalized spacial score (nSPS) is 15.7. The number of allylic oxidation sites excluding steroid dienone is 2. The third-order valence-electron chi connectivity index (χ3n) is 21.0. The molecule has 118 heavy (non-hydrogen) atoms. The van der Waals surface area contributed by atoms with Crippen LogP contribution in [0.1, 0.15) is 198 Å². The number of carbonyl (C=O) groups excluding carboxylic acids is 12. The molecule has 1 aromatic heterocycles. The number of nitrogens with one attached hydrogen (secondary N) is 11. The van der Waals surface area contributed by atoms with Crippen molar-refractivity contribution in [2.24, 2.45) is 38.9 Å². The van der Waals surface area contributed by atoms with Crippen molar-refractivity contribution < 1.29 is 57.5 Å². The number of likely N-dealkylation sites (tertiary alicyclic amines) is 2. The van der Waals surface area contributed by atoms with Gasteiger partial charge in [-0.15, -0.1) is 0 Å². The summed E-state index contributed by atoms with van der Waals surface area (Å²) in [5, 5.41) is 30.2. The quantitative estimate of drug-likeness (QED) is 0.00920. The number of hydrogen-bond acceptors (Lipinski definition) is 17. The van der Waals surface area contributed by atoms with E-state index in [0.29, 0.717) is 87.0 Å². The highest BCUT2D eigenvalue weighted by Gasteiger charge is 2.42. The predicted molar refractivity (Wildman–Crippen MR) is 462 cm³/mol. The highest BCUT2D eigenvalue weighted by atomic mass is 32.2. The van der Waals surface area contributed by atoms with Gasteiger partial charge in [0.15, 0.2) is 5.96 Å². The molecule has 0 spiro atoms. The van der Waals surface area contributed by atoms with E-state index in [-0.39, 0.29) is 101 Å². The Hall–Kier alpha value is -10.4. The minimum absolute atomic E-state index is 0.0180. The van der Waals surface area contributed by atoms with Gasteiger partial charge < -0.3 is 91.0 Å². The molecule has 648 valence electrons. The first-order chi connectivity index (χ1) is 57.0. The van der Waals surface area contributed by atoms with Gasteiger partial charge in [-0.25, -0.2) is 0 Å². The SMILES string of the molecule is CCCCCCCC/C=C\CCCCCCCC(=O)NCCCNC(=O)/C=N/NCC(=O)NCCCC[C@H](NC(=O)[C@H](Cc1ccccc1)NC(=O)[C@@H](Cc1c[nH]c2ccccc12)NC(=O)[C@H](CCCN=C(N)N)NC(=O)[C@@H](Cc1ccccc1)NC(=O)[C@@H]1CCCN1C(=O)[C@@H](N)CCSC)C(=O)N1CCC[C@H]1C(=O)N[C@H](C(N)=O)C(C)C. The third kappa shape index (κ3) is 35.4. The van der Waals surface area contributed by atoms with E-state index in [4.69, 9.17) is 22.9 Å². The molecule has 6 rings (SSSR count). The monoisotopic (exact) mass is 1650 g/mol. The molecule has 0 bridgehead atoms. The van der Waals surface area contributed by atoms with E-state index in [1.54, 1.807) is 92.5 Å². The van der Waals surface area contributed by atoms with Crippen molar-refractivity contribution >= 4 is 106 Å². The number of hydrogen-bond donors (Lipinski definition) is 15. The first kappa shape index (κ1) is 96.5. The lowest BCUT2D eigenvalue weighted by Gasteiger charge is -2.31. The van der Waals surface area contributed by atoms with Crippen molar-refractivity contribution in [2.45, 2.75) is 255 Å². The van der Waals surface area contributed by atoms with Crippen LogP contribution in [0.15, 0.2) is 113 Å². The third-order valence-corrected chi connectivity index (χ3v) is 21.7. The molecule has 4 aromatic rings. The minimum atomic E-state index is -1.48. The van der Waals surface area contributed by atoms with Crippen LogP contribution in [0.25, 0.3) is 10.9 Å². The second-order valence-electron chi connectivity index (χ2n) is 30.9. The molecule has 0 saturated carbocycles. The van der Waals surface area contributed by atoms with Crippen LogP contribution in [-0.2, 0) is 76.8 Å². The van der Waals surface area contributed by atoms with E-state index in [2.05, 4.69) is 87.4 Å². The lowest BCUT2D eigenvalue weighted by atomic mass is 10.00. The number of aromatic nitrogens is 1. The summed E-state index contributed by atoms with van der Waals surface area (Å²) in [4.78, 5) is 179. The molecular formula is C86H131N19O12S. The maximum atomic E-state index is 15.5. The molecular weight excluding hydrogens is 1520 g/mol. The molecule has 19 N–H and O–H groups in total. The summed E-state index contributed by atoms with van der Waals surface area (Å²) in [6, 6.07) is 14.2. The largest absolute Gasteiger partial charge is 0.370 e. The number of para-hydroxylation sites is 1. The Morgan fingerprint density at radius 2 is 1.06 bits per heavy atom. The van der Waals surface area contributed by atoms with Gasteiger partial charge in [-0.2, -0.15) is 16.9 Å². The van der Waals surface area contributed by atoms with Gasteiger partial charge in [-0.3, -0.25) is 62.5 Å². The fourth-order valence-corrected chi connectivity index (χ4v) is 14.9. The average molecular weight is 1660 g/mol. The van der Waals surface area contributed by atoms with E-state index >= 15 is 19.2 Å². The summed E-state index contributed by atoms with van der Waals surface area (Å²) in [6.07, 6.45) is 27.7. The van der Waals surface area contributed by atoms with Crippen molar-refractivity contribution in [1.29, 1.82) is 0 Å². The van der Waals surface area contributed by atoms with Gasteiger partial charge in [0.05, 0.1) is 6.04 Å². The zero-order chi connectivity index (χ0) is 85.4. The number of fused-ring (bicyclic) bond motifs is 1. The number of nitrogens with zero attached hydrogens (tertiary/aromatic N) is 4. The minimum Gasteiger partial charge on any atom is -0.370 e. The second kappa shape index (κ2) is 54.6. The van der Waals surface area contributed by atoms with Gasteiger partial charge in [0.25, 0.3) is 5.91 Å². The van der Waals surface area contributed by atoms with E-state index in [9.17, 15) is 38.4 Å². The standard InChI is InChI=1S/C86H131N19O12S/c1-5-6-7-8-9-10-11-12-13-14-15-16-17-18-25-44-73(106)91-48-33-49-93-75(108)58-97-96-57-74(107)92-46-29-28-40-67(85(117)105-51-32-43-72(105)83(115)103-76(59(2)3)77(88)109)99-80(112)68(53-60-34-21-19-22-35-60)100-81(113)70(55-62-56-95-65-39-27-26-38-63(62)65)101-78(110)66(41-30-47-94-86(89)90)98-79(111)69(54-61-36-23-20-24-37-61)102-82(114)71-42-31-50-104(71)84(116)64(87)45-52-118-4/h12-13,19-24,26-27,34-39,56,58-59,64,66-72,76,95-96H,5-11,14-18,25,28-33,40-55,57,87H2,1-4H3,(H2,88,109)(H,91,106)(H,92,107)(H,93,108)(H,98,111)(H,99,112)(H,100,113)(H,101,110)(H,102,114)(H,103,115)(H4,89,90,94)/b13-12-,97-58+/t64-,66-,67-,68-,69+,70+,71-,72-,76-/m0/s1. The van der Waals surface area contributed by atoms with Crippen LogP contribution in [0.3, 0.4) is 0 Å². The number of thioether (sulfide) groups is 1. The van der Waals surface area contributed by atoms with E-state index in [1.165, 1.54) is 48.3 Å². The average Bonchev–Trinajstić information content (AvgIpc) is 1.64. The Balaban J connectivity index is 1.13. The van der Waals surface area contributed by atoms with Gasteiger partial charge in [-0.1, -0.05) is 163 Å². The van der Waals surface area contributed by atoms with Gasteiger partial charge in [0.2, 0.25) is 65.0 Å². The van der Waals surface area contributed by atoms with Crippen molar-refractivity contribution in [3.63, 3.8) is 0 Å². The van der Waals surface area contributed by atoms with Crippen LogP contribution >= 0.6 is 11.8 Å². The summed E-state index contributed by atoms with van der Waals surface area (Å²) in [5.74, 6) is -7.11. The Labute approximate surface area is 699 Å². The summed E-state index contributed by atoms with van der Waals surface area (Å²) in [6.45, 7) is 6.65. The van der Waals surface area contributed by atoms with Crippen molar-refractivity contribution in [3.05, 3.63) is 120 Å². The molecule has 31 nitrogen and oxygen atoms in total. The topological polar surface area (TPSA) is 476 Å². The first-order valence-corrected chi connectivity index (χ1v) is 43.7. The number of benzene rings is 3. The predicted octanol–water partition coefficient (Wildman–Crippen LogP) is 4.88. The number of guanidine groups is 1. The van der Waals surface area contributed by atoms with Crippen LogP contribution < -0.4 is 76.2 Å². The van der Waals surface area contributed by atoms with Crippen molar-refractivity contribution in [3.8, 4) is 0 Å². The molecule has 32 heteroatoms. The number of primary amides is 1. The summed E-state index contributed by atoms with van der Waals surface area (Å²) < 4.78 is 0. The van der Waals surface area contributed by atoms with Gasteiger partial charge in [0.1, 0.15) is 61.1 Å². The van der Waals surface area contributed by atoms with Crippen molar-refractivity contribution in [2.75, 3.05) is 57.8 Å². The maximum absolute atomic E-state index is 15.5. The molecule has 2 aliphatic heterocycles. The fraction of sp³-hybridized carbons (Fsp3) is 0.581. The number of rotatable bonds is 57. The van der Waals surface area contributed by atoms with Crippen LogP contribution in [0.4, 0.5) is 0 Å². The zero-order valence-electron chi connectivity index (χ0n) is 69.5. The number of aromatic amines is 1. The highest BCUT2D eigenvalue weighted by Crippen LogP contribution is 2.25. The number of unbranched alkanes of at least 4 members (excludes halogenated alkanes) is 12. The molecule has 3 heterocycles. The van der Waals surface area contributed by atoms with Crippen molar-refractivity contribution in [1.82, 2.24) is 68.1 Å². The van der Waals surface area contributed by atoms with Gasteiger partial charge in [-0.05, 0) is 143 Å². The van der Waals surface area contributed by atoms with Crippen LogP contribution in [0.2, 0.25) is 0 Å². The Bertz CT molecular complexity index is 3900. The molecule has 2 aliphatic rings.